The minimum Gasteiger partial charge on any atom is -0.493 e. The third-order valence-electron chi connectivity index (χ3n) is 8.29. The third-order valence-corrected chi connectivity index (χ3v) is 8.29. The van der Waals surface area contributed by atoms with Gasteiger partial charge in [-0.25, -0.2) is 0 Å². The van der Waals surface area contributed by atoms with Gasteiger partial charge in [-0.1, -0.05) is 12.1 Å². The van der Waals surface area contributed by atoms with Crippen LogP contribution in [0.4, 0.5) is 0 Å². The number of carbonyl (C=O) groups excluding carboxylic acids is 2. The fourth-order valence-corrected chi connectivity index (χ4v) is 5.60. The van der Waals surface area contributed by atoms with E-state index in [2.05, 4.69) is 0 Å². The van der Waals surface area contributed by atoms with Gasteiger partial charge in [0.05, 0.1) is 69.7 Å². The van der Waals surface area contributed by atoms with Crippen LogP contribution >= 0.6 is 0 Å². The molecule has 0 aliphatic rings. The van der Waals surface area contributed by atoms with Crippen molar-refractivity contribution in [2.75, 3.05) is 56.9 Å². The summed E-state index contributed by atoms with van der Waals surface area (Å²) in [6, 6.07) is 18.4. The van der Waals surface area contributed by atoms with Crippen LogP contribution in [-0.2, 0) is 35.3 Å². The van der Waals surface area contributed by atoms with E-state index in [4.69, 9.17) is 47.4 Å². The molecule has 0 spiro atoms. The largest absolute Gasteiger partial charge is 0.493 e. The lowest BCUT2D eigenvalue weighted by atomic mass is 10.0. The van der Waals surface area contributed by atoms with Crippen LogP contribution in [0.2, 0.25) is 0 Å². The molecular formula is C40H46O12. The SMILES string of the molecule is COc1ccc(CCc2cc(OC)c(OC)c(OC)c2)cc1OC(=O)CCC(=O)Oc1cc(CCc2cc(OC)c(OC)c(OC)c2)ccc1OC. The van der Waals surface area contributed by atoms with Crippen LogP contribution in [0.1, 0.15) is 35.1 Å². The Kier molecular flexibility index (Phi) is 14.3. The van der Waals surface area contributed by atoms with Gasteiger partial charge in [0.1, 0.15) is 0 Å². The summed E-state index contributed by atoms with van der Waals surface area (Å²) in [6.45, 7) is 0. The van der Waals surface area contributed by atoms with E-state index in [1.54, 1.807) is 66.9 Å². The molecule has 12 nitrogen and oxygen atoms in total. The van der Waals surface area contributed by atoms with Crippen molar-refractivity contribution in [3.63, 3.8) is 0 Å². The fraction of sp³-hybridized carbons (Fsp3) is 0.350. The van der Waals surface area contributed by atoms with Crippen molar-refractivity contribution in [1.82, 2.24) is 0 Å². The summed E-state index contributed by atoms with van der Waals surface area (Å²) >= 11 is 0. The number of benzene rings is 4. The van der Waals surface area contributed by atoms with E-state index in [1.165, 1.54) is 14.2 Å². The molecule has 0 atom stereocenters. The van der Waals surface area contributed by atoms with Crippen molar-refractivity contribution >= 4 is 11.9 Å². The molecule has 278 valence electrons. The summed E-state index contributed by atoms with van der Waals surface area (Å²) < 4.78 is 54.8. The molecule has 0 N–H and O–H groups in total. The van der Waals surface area contributed by atoms with Gasteiger partial charge < -0.3 is 47.4 Å². The van der Waals surface area contributed by atoms with Gasteiger partial charge in [0.2, 0.25) is 11.5 Å². The normalized spacial score (nSPS) is 10.5. The fourth-order valence-electron chi connectivity index (χ4n) is 5.60. The van der Waals surface area contributed by atoms with E-state index in [1.807, 2.05) is 36.4 Å². The molecule has 0 saturated carbocycles. The Labute approximate surface area is 304 Å². The maximum absolute atomic E-state index is 12.9. The molecule has 0 heterocycles. The predicted molar refractivity (Wildman–Crippen MR) is 194 cm³/mol. The standard InChI is InChI=1S/C40H46O12/c1-43-29-15-13-25(9-11-27-21-33(45-3)39(49-7)34(22-27)46-4)19-31(29)51-37(41)17-18-38(42)52-32-20-26(14-16-30(32)44-2)10-12-28-23-35(47-5)40(50-8)36(24-28)48-6/h13-16,19-24H,9-12,17-18H2,1-8H3. The molecule has 0 amide bonds. The molecule has 12 heteroatoms. The second kappa shape index (κ2) is 19.0. The molecule has 0 bridgehead atoms. The zero-order valence-electron chi connectivity index (χ0n) is 30.9. The monoisotopic (exact) mass is 718 g/mol. The highest BCUT2D eigenvalue weighted by Crippen LogP contribution is 2.40. The number of hydrogen-bond acceptors (Lipinski definition) is 12. The summed E-state index contributed by atoms with van der Waals surface area (Å²) in [6.07, 6.45) is 2.14. The Balaban J connectivity index is 1.36. The topological polar surface area (TPSA) is 126 Å². The lowest BCUT2D eigenvalue weighted by Gasteiger charge is -2.15. The molecule has 0 aliphatic heterocycles. The van der Waals surface area contributed by atoms with Crippen LogP contribution in [0.3, 0.4) is 0 Å². The molecule has 4 aromatic carbocycles. The highest BCUT2D eigenvalue weighted by Gasteiger charge is 2.18. The highest BCUT2D eigenvalue weighted by molar-refractivity contribution is 5.81. The molecule has 0 aromatic heterocycles. The lowest BCUT2D eigenvalue weighted by Crippen LogP contribution is -2.15. The van der Waals surface area contributed by atoms with Crippen molar-refractivity contribution in [3.8, 4) is 57.5 Å². The van der Waals surface area contributed by atoms with Crippen molar-refractivity contribution in [2.24, 2.45) is 0 Å². The van der Waals surface area contributed by atoms with Crippen molar-refractivity contribution in [2.45, 2.75) is 38.5 Å². The van der Waals surface area contributed by atoms with Crippen LogP contribution in [0.5, 0.6) is 57.5 Å². The van der Waals surface area contributed by atoms with Gasteiger partial charge in [-0.15, -0.1) is 0 Å². The van der Waals surface area contributed by atoms with E-state index in [9.17, 15) is 9.59 Å². The number of methoxy groups -OCH3 is 8. The van der Waals surface area contributed by atoms with Crippen LogP contribution < -0.4 is 47.4 Å². The number of hydrogen-bond donors (Lipinski definition) is 0. The smallest absolute Gasteiger partial charge is 0.311 e. The second-order valence-corrected chi connectivity index (χ2v) is 11.5. The van der Waals surface area contributed by atoms with Crippen molar-refractivity contribution in [3.05, 3.63) is 82.9 Å². The van der Waals surface area contributed by atoms with E-state index in [0.717, 1.165) is 22.3 Å². The highest BCUT2D eigenvalue weighted by atomic mass is 16.6. The first-order valence-electron chi connectivity index (χ1n) is 16.5. The molecule has 4 aromatic rings. The van der Waals surface area contributed by atoms with Gasteiger partial charge in [-0.3, -0.25) is 9.59 Å². The Hall–Kier alpha value is -5.78. The van der Waals surface area contributed by atoms with Gasteiger partial charge in [0.15, 0.2) is 46.0 Å². The van der Waals surface area contributed by atoms with Gasteiger partial charge >= 0.3 is 11.9 Å². The molecule has 0 aliphatic carbocycles. The Morgan fingerprint density at radius 2 is 0.654 bits per heavy atom. The zero-order valence-corrected chi connectivity index (χ0v) is 30.9. The summed E-state index contributed by atoms with van der Waals surface area (Å²) in [4.78, 5) is 25.8. The molecule has 4 rings (SSSR count). The minimum atomic E-state index is -0.608. The van der Waals surface area contributed by atoms with Crippen molar-refractivity contribution in [1.29, 1.82) is 0 Å². The van der Waals surface area contributed by atoms with Crippen LogP contribution in [-0.4, -0.2) is 68.8 Å². The molecule has 0 radical (unpaired) electrons. The van der Waals surface area contributed by atoms with E-state index < -0.39 is 11.9 Å². The van der Waals surface area contributed by atoms with Crippen molar-refractivity contribution < 1.29 is 57.0 Å². The van der Waals surface area contributed by atoms with Gasteiger partial charge in [-0.05, 0) is 96.5 Å². The zero-order chi connectivity index (χ0) is 37.6. The number of rotatable bonds is 19. The third kappa shape index (κ3) is 9.93. The van der Waals surface area contributed by atoms with Gasteiger partial charge in [-0.2, -0.15) is 0 Å². The average Bonchev–Trinajstić information content (AvgIpc) is 3.17. The summed E-state index contributed by atoms with van der Waals surface area (Å²) in [5.41, 5.74) is 3.77. The average molecular weight is 719 g/mol. The minimum absolute atomic E-state index is 0.208. The molecule has 0 fully saturated rings. The molecule has 52 heavy (non-hydrogen) atoms. The first-order chi connectivity index (χ1) is 25.2. The van der Waals surface area contributed by atoms with E-state index in [0.29, 0.717) is 71.7 Å². The Bertz CT molecular complexity index is 1650. The van der Waals surface area contributed by atoms with Crippen LogP contribution in [0, 0.1) is 0 Å². The number of aryl methyl sites for hydroxylation is 4. The first kappa shape index (κ1) is 39.0. The summed E-state index contributed by atoms with van der Waals surface area (Å²) in [5.74, 6) is 3.39. The summed E-state index contributed by atoms with van der Waals surface area (Å²) in [7, 11) is 12.4. The molecule has 0 saturated heterocycles. The van der Waals surface area contributed by atoms with E-state index >= 15 is 0 Å². The number of carbonyl (C=O) groups is 2. The molecule has 0 unspecified atom stereocenters. The second-order valence-electron chi connectivity index (χ2n) is 11.5. The maximum atomic E-state index is 12.9. The lowest BCUT2D eigenvalue weighted by molar-refractivity contribution is -0.140. The maximum Gasteiger partial charge on any atom is 0.311 e. The number of ether oxygens (including phenoxy) is 10. The predicted octanol–water partition coefficient (Wildman–Crippen LogP) is 6.62. The first-order valence-corrected chi connectivity index (χ1v) is 16.5. The van der Waals surface area contributed by atoms with E-state index in [-0.39, 0.29) is 24.3 Å². The quantitative estimate of drug-likeness (QED) is 0.0764. The van der Waals surface area contributed by atoms with Crippen LogP contribution in [0.25, 0.3) is 0 Å². The van der Waals surface area contributed by atoms with Gasteiger partial charge in [0, 0.05) is 0 Å². The number of esters is 2. The Morgan fingerprint density at radius 1 is 0.365 bits per heavy atom. The molecular weight excluding hydrogens is 672 g/mol. The Morgan fingerprint density at radius 3 is 0.942 bits per heavy atom. The van der Waals surface area contributed by atoms with Crippen LogP contribution in [0.15, 0.2) is 60.7 Å². The summed E-state index contributed by atoms with van der Waals surface area (Å²) in [5, 5.41) is 0. The van der Waals surface area contributed by atoms with Gasteiger partial charge in [0.25, 0.3) is 0 Å².